The van der Waals surface area contributed by atoms with E-state index in [9.17, 15) is 0 Å². The molecule has 0 saturated carbocycles. The largest absolute Gasteiger partial charge is 0.458 e. The van der Waals surface area contributed by atoms with Crippen molar-refractivity contribution in [1.29, 1.82) is 0 Å². The van der Waals surface area contributed by atoms with E-state index in [-0.39, 0.29) is 23.0 Å². The first-order valence-corrected chi connectivity index (χ1v) is 27.3. The van der Waals surface area contributed by atoms with E-state index in [1.807, 2.05) is 0 Å². The van der Waals surface area contributed by atoms with Crippen molar-refractivity contribution in [2.24, 2.45) is 0 Å². The number of benzene rings is 10. The topological polar surface area (TPSA) is 30.5 Å². The number of furan rings is 1. The van der Waals surface area contributed by atoms with Crippen LogP contribution in [0.5, 0.6) is 11.5 Å². The van der Waals surface area contributed by atoms with Crippen LogP contribution >= 0.6 is 0 Å². The van der Waals surface area contributed by atoms with Crippen molar-refractivity contribution >= 4 is 83.9 Å². The van der Waals surface area contributed by atoms with Crippen LogP contribution in [0.3, 0.4) is 0 Å². The van der Waals surface area contributed by atoms with E-state index in [0.29, 0.717) is 0 Å². The van der Waals surface area contributed by atoms with E-state index >= 15 is 0 Å². The van der Waals surface area contributed by atoms with Gasteiger partial charge in [0.1, 0.15) is 22.7 Å². The second-order valence-electron chi connectivity index (χ2n) is 24.5. The molecule has 0 atom stereocenters. The van der Waals surface area contributed by atoms with E-state index in [2.05, 4.69) is 278 Å². The van der Waals surface area contributed by atoms with Gasteiger partial charge in [-0.25, -0.2) is 0 Å². The maximum Gasteiger partial charge on any atom is 0.256 e. The first kappa shape index (κ1) is 47.0. The highest BCUT2D eigenvalue weighted by atomic mass is 16.5. The molecule has 0 unspecified atom stereocenters. The molecule has 2 aliphatic heterocycles. The Hall–Kier alpha value is -8.54. The number of anilines is 3. The number of nitrogens with zero attached hydrogens (tertiary/aromatic N) is 2. The molecule has 0 bridgehead atoms. The molecular weight excluding hydrogens is 936 g/mol. The van der Waals surface area contributed by atoms with Crippen molar-refractivity contribution in [3.63, 3.8) is 0 Å². The van der Waals surface area contributed by atoms with Gasteiger partial charge in [-0.2, -0.15) is 0 Å². The van der Waals surface area contributed by atoms with Crippen LogP contribution in [0.15, 0.2) is 211 Å². The van der Waals surface area contributed by atoms with Gasteiger partial charge in [-0.3, -0.25) is 0 Å². The summed E-state index contributed by atoms with van der Waals surface area (Å²) in [7, 11) is 0. The van der Waals surface area contributed by atoms with Gasteiger partial charge in [-0.05, 0) is 132 Å². The summed E-state index contributed by atoms with van der Waals surface area (Å²) in [6, 6.07) is 76.5. The van der Waals surface area contributed by atoms with Crippen molar-refractivity contribution in [3.8, 4) is 50.6 Å². The molecule has 2 aliphatic rings. The van der Waals surface area contributed by atoms with Gasteiger partial charge in [-0.15, -0.1) is 0 Å². The Kier molecular flexibility index (Phi) is 10.4. The van der Waals surface area contributed by atoms with Crippen molar-refractivity contribution in [3.05, 3.63) is 223 Å². The summed E-state index contributed by atoms with van der Waals surface area (Å²) in [4.78, 5) is 2.57. The summed E-state index contributed by atoms with van der Waals surface area (Å²) in [6.45, 7) is 20.6. The van der Waals surface area contributed by atoms with Gasteiger partial charge >= 0.3 is 0 Å². The maximum atomic E-state index is 7.54. The predicted octanol–water partition coefficient (Wildman–Crippen LogP) is 18.0. The molecule has 4 nitrogen and oxygen atoms in total. The molecule has 10 aromatic carbocycles. The monoisotopic (exact) mass is 996 g/mol. The Morgan fingerprint density at radius 3 is 1.61 bits per heavy atom. The highest BCUT2D eigenvalue weighted by Gasteiger charge is 2.44. The third-order valence-corrected chi connectivity index (χ3v) is 16.5. The van der Waals surface area contributed by atoms with Crippen LogP contribution < -0.4 is 26.0 Å². The normalized spacial score (nSPS) is 13.3. The lowest BCUT2D eigenvalue weighted by Gasteiger charge is -2.42. The zero-order chi connectivity index (χ0) is 52.7. The molecule has 0 aliphatic carbocycles. The summed E-state index contributed by atoms with van der Waals surface area (Å²) in [6.07, 6.45) is 0. The third kappa shape index (κ3) is 7.49. The Morgan fingerprint density at radius 2 is 0.974 bits per heavy atom. The summed E-state index contributed by atoms with van der Waals surface area (Å²) in [5, 5.41) is 4.77. The smallest absolute Gasteiger partial charge is 0.256 e. The average molecular weight is 997 g/mol. The molecular formula is C72H61BN2O2. The second-order valence-corrected chi connectivity index (χ2v) is 24.5. The molecule has 0 fully saturated rings. The van der Waals surface area contributed by atoms with Crippen LogP contribution in [0, 0.1) is 0 Å². The van der Waals surface area contributed by atoms with Crippen LogP contribution in [0.1, 0.15) is 79.0 Å². The maximum absolute atomic E-state index is 7.54. The molecule has 12 aromatic rings. The fraction of sp³-hybridized carbons (Fsp3) is 0.167. The van der Waals surface area contributed by atoms with Crippen molar-refractivity contribution in [1.82, 2.24) is 4.57 Å². The van der Waals surface area contributed by atoms with Gasteiger partial charge in [0.25, 0.3) is 6.71 Å². The van der Waals surface area contributed by atoms with Gasteiger partial charge in [0.15, 0.2) is 0 Å². The number of para-hydroxylation sites is 2. The van der Waals surface area contributed by atoms with Crippen LogP contribution in [-0.4, -0.2) is 11.3 Å². The first-order valence-electron chi connectivity index (χ1n) is 27.3. The fourth-order valence-electron chi connectivity index (χ4n) is 12.5. The van der Waals surface area contributed by atoms with E-state index in [1.54, 1.807) is 0 Å². The van der Waals surface area contributed by atoms with Gasteiger partial charge in [0.05, 0.1) is 16.7 Å². The van der Waals surface area contributed by atoms with Crippen LogP contribution in [0.25, 0.3) is 82.8 Å². The minimum Gasteiger partial charge on any atom is -0.458 e. The van der Waals surface area contributed by atoms with Gasteiger partial charge in [0.2, 0.25) is 0 Å². The molecule has 2 aromatic heterocycles. The minimum absolute atomic E-state index is 0.000635. The lowest BCUT2D eigenvalue weighted by atomic mass is 9.34. The molecule has 0 spiro atoms. The van der Waals surface area contributed by atoms with Crippen LogP contribution in [0.2, 0.25) is 0 Å². The SMILES string of the molecule is CC(C)(C)c1cc2c3c(c1)N(c1c(-c4ccccc4)cccc1-c1ccccc1)c1ccc(-c4cccc5oc6ccccc6c45)cc1B3c1ccc(-n3c4ccc(C(C)(C)C)cc4c4cc(C(C)(C)C)ccc43)cc1O2. The summed E-state index contributed by atoms with van der Waals surface area (Å²) in [5.74, 6) is 1.75. The molecule has 4 heterocycles. The zero-order valence-electron chi connectivity index (χ0n) is 45.4. The molecule has 0 saturated heterocycles. The molecule has 77 heavy (non-hydrogen) atoms. The summed E-state index contributed by atoms with van der Waals surface area (Å²) < 4.78 is 16.5. The van der Waals surface area contributed by atoms with E-state index in [1.165, 1.54) is 44.0 Å². The predicted molar refractivity (Wildman–Crippen MR) is 326 cm³/mol. The Balaban J connectivity index is 1.06. The number of hydrogen-bond donors (Lipinski definition) is 0. The first-order chi connectivity index (χ1) is 37.1. The average Bonchev–Trinajstić information content (AvgIpc) is 4.11. The number of rotatable bonds is 5. The molecule has 0 radical (unpaired) electrons. The molecule has 14 rings (SSSR count). The lowest BCUT2D eigenvalue weighted by Crippen LogP contribution is -2.59. The summed E-state index contributed by atoms with van der Waals surface area (Å²) in [5.41, 5.74) is 22.7. The van der Waals surface area contributed by atoms with E-state index in [4.69, 9.17) is 9.15 Å². The highest BCUT2D eigenvalue weighted by Crippen LogP contribution is 2.51. The van der Waals surface area contributed by atoms with Gasteiger partial charge in [0, 0.05) is 55.8 Å². The quantitative estimate of drug-likeness (QED) is 0.161. The van der Waals surface area contributed by atoms with E-state index in [0.717, 1.165) is 100 Å². The third-order valence-electron chi connectivity index (χ3n) is 16.5. The van der Waals surface area contributed by atoms with Crippen LogP contribution in [0.4, 0.5) is 17.1 Å². The van der Waals surface area contributed by atoms with Crippen molar-refractivity contribution in [2.75, 3.05) is 4.90 Å². The number of hydrogen-bond acceptors (Lipinski definition) is 3. The Labute approximate surface area is 452 Å². The lowest BCUT2D eigenvalue weighted by molar-refractivity contribution is 0.483. The molecule has 0 N–H and O–H groups in total. The fourth-order valence-corrected chi connectivity index (χ4v) is 12.5. The zero-order valence-corrected chi connectivity index (χ0v) is 45.4. The second kappa shape index (κ2) is 17.0. The number of aromatic nitrogens is 1. The summed E-state index contributed by atoms with van der Waals surface area (Å²) >= 11 is 0. The van der Waals surface area contributed by atoms with Crippen molar-refractivity contribution < 1.29 is 9.15 Å². The molecule has 374 valence electrons. The molecule has 0 amide bonds. The van der Waals surface area contributed by atoms with Gasteiger partial charge in [-0.1, -0.05) is 202 Å². The van der Waals surface area contributed by atoms with E-state index < -0.39 is 0 Å². The minimum atomic E-state index is -0.198. The Bertz CT molecular complexity index is 4240. The van der Waals surface area contributed by atoms with Crippen molar-refractivity contribution in [2.45, 2.75) is 78.6 Å². The standard InChI is InChI=1S/C72H61BN2O2/c1-70(2,3)47-31-36-59-55(39-47)56-40-48(71(4,5)6)32-37-60(56)74(59)50-33-34-57-65(43-50)77-66-42-49(72(7,8)9)41-62-68(66)73(57)58-38-46(51-25-19-29-64-67(51)54-24-16-17-28-63(54)76-64)30-35-61(58)75(62)69-52(44-20-12-10-13-21-44)26-18-27-53(69)45-22-14-11-15-23-45/h10-43H,1-9H3. The number of ether oxygens (including phenoxy) is 1. The molecule has 5 heteroatoms. The number of fused-ring (bicyclic) bond motifs is 10. The van der Waals surface area contributed by atoms with Gasteiger partial charge < -0.3 is 18.6 Å². The Morgan fingerprint density at radius 1 is 0.390 bits per heavy atom. The highest BCUT2D eigenvalue weighted by molar-refractivity contribution is 6.99. The van der Waals surface area contributed by atoms with Crippen LogP contribution in [-0.2, 0) is 16.2 Å².